The van der Waals surface area contributed by atoms with Crippen molar-refractivity contribution in [1.82, 2.24) is 5.32 Å². The number of rotatable bonds is 6. The Morgan fingerprint density at radius 3 is 2.30 bits per heavy atom. The van der Waals surface area contributed by atoms with E-state index in [1.807, 2.05) is 58.9 Å². The summed E-state index contributed by atoms with van der Waals surface area (Å²) in [5, 5.41) is 3.03. The average molecular weight is 342 g/mol. The van der Waals surface area contributed by atoms with Crippen molar-refractivity contribution in [2.45, 2.75) is 51.6 Å². The summed E-state index contributed by atoms with van der Waals surface area (Å²) in [5.41, 5.74) is 0.998. The molecule has 1 amide bonds. The number of carbonyl (C=O) groups is 1. The van der Waals surface area contributed by atoms with E-state index in [1.54, 1.807) is 0 Å². The molecule has 1 aromatic rings. The molecule has 2 unspecified atom stereocenters. The molecule has 0 saturated carbocycles. The van der Waals surface area contributed by atoms with Gasteiger partial charge in [-0.3, -0.25) is 4.79 Å². The summed E-state index contributed by atoms with van der Waals surface area (Å²) in [6, 6.07) is 7.74. The van der Waals surface area contributed by atoms with Crippen LogP contribution in [0.3, 0.4) is 0 Å². The van der Waals surface area contributed by atoms with Gasteiger partial charge in [0.25, 0.3) is 0 Å². The van der Waals surface area contributed by atoms with Gasteiger partial charge in [0, 0.05) is 5.56 Å². The van der Waals surface area contributed by atoms with Crippen LogP contribution < -0.4 is 10.1 Å². The minimum atomic E-state index is -0.178. The van der Waals surface area contributed by atoms with Crippen molar-refractivity contribution in [2.24, 2.45) is 5.92 Å². The number of hydrogen-bond donors (Lipinski definition) is 1. The standard InChI is InChI=1S/C16H24BrNO2/c1-10(2)15(17)16(19)18-12(5)13-8-6-7-9-14(13)20-11(3)4/h6-12,15H,1-5H3,(H,18,19). The molecule has 0 radical (unpaired) electrons. The van der Waals surface area contributed by atoms with Crippen LogP contribution >= 0.6 is 15.9 Å². The first-order valence-electron chi connectivity index (χ1n) is 7.03. The maximum absolute atomic E-state index is 12.1. The summed E-state index contributed by atoms with van der Waals surface area (Å²) in [6.07, 6.45) is 0.110. The Labute approximate surface area is 130 Å². The van der Waals surface area contributed by atoms with Gasteiger partial charge in [-0.05, 0) is 32.8 Å². The molecule has 0 aliphatic heterocycles. The molecule has 0 aliphatic carbocycles. The number of alkyl halides is 1. The lowest BCUT2D eigenvalue weighted by atomic mass is 10.1. The zero-order chi connectivity index (χ0) is 15.3. The fraction of sp³-hybridized carbons (Fsp3) is 0.562. The predicted octanol–water partition coefficient (Wildman–Crippen LogP) is 4.07. The smallest absolute Gasteiger partial charge is 0.234 e. The maximum Gasteiger partial charge on any atom is 0.234 e. The Bertz CT molecular complexity index is 446. The highest BCUT2D eigenvalue weighted by atomic mass is 79.9. The van der Waals surface area contributed by atoms with E-state index in [1.165, 1.54) is 0 Å². The molecule has 0 saturated heterocycles. The highest BCUT2D eigenvalue weighted by Crippen LogP contribution is 2.26. The van der Waals surface area contributed by atoms with Gasteiger partial charge in [-0.2, -0.15) is 0 Å². The molecule has 20 heavy (non-hydrogen) atoms. The zero-order valence-electron chi connectivity index (χ0n) is 12.8. The number of halogens is 1. The monoisotopic (exact) mass is 341 g/mol. The highest BCUT2D eigenvalue weighted by Gasteiger charge is 2.21. The number of ether oxygens (including phenoxy) is 1. The van der Waals surface area contributed by atoms with Crippen LogP contribution in [0.2, 0.25) is 0 Å². The lowest BCUT2D eigenvalue weighted by Crippen LogP contribution is -2.35. The van der Waals surface area contributed by atoms with E-state index in [0.29, 0.717) is 0 Å². The van der Waals surface area contributed by atoms with Crippen molar-refractivity contribution in [1.29, 1.82) is 0 Å². The van der Waals surface area contributed by atoms with Gasteiger partial charge in [0.2, 0.25) is 5.91 Å². The van der Waals surface area contributed by atoms with E-state index >= 15 is 0 Å². The van der Waals surface area contributed by atoms with Gasteiger partial charge in [0.05, 0.1) is 17.0 Å². The Morgan fingerprint density at radius 1 is 1.15 bits per heavy atom. The molecule has 0 fully saturated rings. The van der Waals surface area contributed by atoms with Gasteiger partial charge in [0.15, 0.2) is 0 Å². The second-order valence-corrected chi connectivity index (χ2v) is 6.57. The number of carbonyl (C=O) groups excluding carboxylic acids is 1. The van der Waals surface area contributed by atoms with Crippen molar-refractivity contribution in [3.63, 3.8) is 0 Å². The largest absolute Gasteiger partial charge is 0.491 e. The van der Waals surface area contributed by atoms with Gasteiger partial charge in [-0.25, -0.2) is 0 Å². The molecule has 0 heterocycles. The highest BCUT2D eigenvalue weighted by molar-refractivity contribution is 9.10. The van der Waals surface area contributed by atoms with Gasteiger partial charge >= 0.3 is 0 Å². The van der Waals surface area contributed by atoms with Crippen molar-refractivity contribution < 1.29 is 9.53 Å². The third-order valence-electron chi connectivity index (χ3n) is 2.94. The van der Waals surface area contributed by atoms with Crippen molar-refractivity contribution in [3.8, 4) is 5.75 Å². The molecule has 0 aromatic heterocycles. The summed E-state index contributed by atoms with van der Waals surface area (Å²) in [6.45, 7) is 9.99. The van der Waals surface area contributed by atoms with Crippen molar-refractivity contribution >= 4 is 21.8 Å². The second-order valence-electron chi connectivity index (χ2n) is 5.58. The molecule has 3 nitrogen and oxygen atoms in total. The zero-order valence-corrected chi connectivity index (χ0v) is 14.4. The molecule has 2 atom stereocenters. The number of hydrogen-bond acceptors (Lipinski definition) is 2. The summed E-state index contributed by atoms with van der Waals surface area (Å²) < 4.78 is 5.79. The van der Waals surface area contributed by atoms with Crippen LogP contribution in [0, 0.1) is 5.92 Å². The third kappa shape index (κ3) is 4.82. The number of amides is 1. The van der Waals surface area contributed by atoms with Crippen LogP contribution in [-0.2, 0) is 4.79 Å². The van der Waals surface area contributed by atoms with E-state index in [-0.39, 0.29) is 28.8 Å². The molecule has 1 aromatic carbocycles. The quantitative estimate of drug-likeness (QED) is 0.792. The van der Waals surface area contributed by atoms with Crippen molar-refractivity contribution in [2.75, 3.05) is 0 Å². The average Bonchev–Trinajstić information content (AvgIpc) is 2.37. The first kappa shape index (κ1) is 17.0. The third-order valence-corrected chi connectivity index (χ3v) is 4.42. The molecule has 1 N–H and O–H groups in total. The molecular formula is C16H24BrNO2. The molecule has 1 rings (SSSR count). The minimum absolute atomic E-state index is 0.00634. The van der Waals surface area contributed by atoms with E-state index in [9.17, 15) is 4.79 Å². The normalized spacial score (nSPS) is 14.2. The summed E-state index contributed by atoms with van der Waals surface area (Å²) in [7, 11) is 0. The lowest BCUT2D eigenvalue weighted by Gasteiger charge is -2.22. The van der Waals surface area contributed by atoms with Gasteiger partial charge in [0.1, 0.15) is 5.75 Å². The Morgan fingerprint density at radius 2 is 1.75 bits per heavy atom. The summed E-state index contributed by atoms with van der Waals surface area (Å²) in [5.74, 6) is 1.09. The first-order valence-corrected chi connectivity index (χ1v) is 7.94. The maximum atomic E-state index is 12.1. The second kappa shape index (κ2) is 7.67. The molecule has 4 heteroatoms. The van der Waals surface area contributed by atoms with Crippen LogP contribution in [0.25, 0.3) is 0 Å². The molecule has 0 aliphatic rings. The Kier molecular flexibility index (Phi) is 6.53. The van der Waals surface area contributed by atoms with E-state index in [0.717, 1.165) is 11.3 Å². The van der Waals surface area contributed by atoms with Crippen LogP contribution in [0.4, 0.5) is 0 Å². The number of para-hydroxylation sites is 1. The SMILES string of the molecule is CC(C)Oc1ccccc1C(C)NC(=O)C(Br)C(C)C. The van der Waals surface area contributed by atoms with Crippen molar-refractivity contribution in [3.05, 3.63) is 29.8 Å². The topological polar surface area (TPSA) is 38.3 Å². The first-order chi connectivity index (χ1) is 9.32. The molecule has 0 bridgehead atoms. The summed E-state index contributed by atoms with van der Waals surface area (Å²) in [4.78, 5) is 11.9. The van der Waals surface area contributed by atoms with Gasteiger partial charge < -0.3 is 10.1 Å². The minimum Gasteiger partial charge on any atom is -0.491 e. The van der Waals surface area contributed by atoms with E-state index < -0.39 is 0 Å². The number of benzene rings is 1. The van der Waals surface area contributed by atoms with Gasteiger partial charge in [-0.15, -0.1) is 0 Å². The fourth-order valence-corrected chi connectivity index (χ4v) is 2.01. The van der Waals surface area contributed by atoms with Gasteiger partial charge in [-0.1, -0.05) is 48.0 Å². The molecule has 112 valence electrons. The Balaban J connectivity index is 2.82. The van der Waals surface area contributed by atoms with E-state index in [4.69, 9.17) is 4.74 Å². The molecule has 0 spiro atoms. The lowest BCUT2D eigenvalue weighted by molar-refractivity contribution is -0.121. The van der Waals surface area contributed by atoms with Crippen LogP contribution in [0.5, 0.6) is 5.75 Å². The van der Waals surface area contributed by atoms with Crippen LogP contribution in [0.1, 0.15) is 46.2 Å². The molecular weight excluding hydrogens is 318 g/mol. The fourth-order valence-electron chi connectivity index (χ4n) is 1.87. The van der Waals surface area contributed by atoms with Crippen LogP contribution in [0.15, 0.2) is 24.3 Å². The Hall–Kier alpha value is -1.03. The summed E-state index contributed by atoms with van der Waals surface area (Å²) >= 11 is 3.42. The number of nitrogens with one attached hydrogen (secondary N) is 1. The predicted molar refractivity (Wildman–Crippen MR) is 86.3 cm³/mol. The van der Waals surface area contributed by atoms with Crippen LogP contribution in [-0.4, -0.2) is 16.8 Å². The van der Waals surface area contributed by atoms with E-state index in [2.05, 4.69) is 21.2 Å².